The van der Waals surface area contributed by atoms with E-state index in [4.69, 9.17) is 14.7 Å². The average Bonchev–Trinajstić information content (AvgIpc) is 2.42. The summed E-state index contributed by atoms with van der Waals surface area (Å²) in [7, 11) is 1.57. The fourth-order valence-corrected chi connectivity index (χ4v) is 1.22. The zero-order chi connectivity index (χ0) is 13.4. The van der Waals surface area contributed by atoms with Crippen LogP contribution < -0.4 is 4.74 Å². The van der Waals surface area contributed by atoms with E-state index < -0.39 is 5.97 Å². The van der Waals surface area contributed by atoms with Crippen molar-refractivity contribution in [3.63, 3.8) is 0 Å². The lowest BCUT2D eigenvalue weighted by atomic mass is 10.1. The monoisotopic (exact) mass is 243 g/mol. The maximum atomic E-state index is 11.5. The number of hydrogen-bond acceptors (Lipinski definition) is 4. The van der Waals surface area contributed by atoms with E-state index in [2.05, 4.69) is 6.58 Å². The van der Waals surface area contributed by atoms with E-state index in [0.29, 0.717) is 5.75 Å². The topological polar surface area (TPSA) is 59.3 Å². The molecule has 18 heavy (non-hydrogen) atoms. The van der Waals surface area contributed by atoms with Gasteiger partial charge in [0.2, 0.25) is 0 Å². The second kappa shape index (κ2) is 6.92. The first kappa shape index (κ1) is 13.5. The highest BCUT2D eigenvalue weighted by atomic mass is 16.5. The standard InChI is InChI=1S/C14H13NO3/c1-3-8-18-14(16)12(10-15)9-11-4-6-13(17-2)7-5-11/h3-7,9H,1,8H2,2H3/b12-9-. The Bertz CT molecular complexity index is 495. The zero-order valence-corrected chi connectivity index (χ0v) is 10.1. The molecule has 0 spiro atoms. The van der Waals surface area contributed by atoms with Gasteiger partial charge in [-0.3, -0.25) is 0 Å². The van der Waals surface area contributed by atoms with E-state index in [9.17, 15) is 4.79 Å². The smallest absolute Gasteiger partial charge is 0.349 e. The maximum Gasteiger partial charge on any atom is 0.349 e. The van der Waals surface area contributed by atoms with Gasteiger partial charge in [0.15, 0.2) is 0 Å². The summed E-state index contributed by atoms with van der Waals surface area (Å²) in [4.78, 5) is 11.5. The molecule has 0 saturated heterocycles. The Hall–Kier alpha value is -2.54. The summed E-state index contributed by atoms with van der Waals surface area (Å²) >= 11 is 0. The molecule has 0 atom stereocenters. The molecular formula is C14H13NO3. The molecule has 0 aromatic heterocycles. The van der Waals surface area contributed by atoms with Crippen LogP contribution in [0.2, 0.25) is 0 Å². The molecule has 0 fully saturated rings. The minimum atomic E-state index is -0.659. The Morgan fingerprint density at radius 1 is 1.44 bits per heavy atom. The minimum absolute atomic E-state index is 0.0537. The van der Waals surface area contributed by atoms with Crippen molar-refractivity contribution in [3.8, 4) is 11.8 Å². The van der Waals surface area contributed by atoms with Crippen molar-refractivity contribution in [3.05, 3.63) is 48.1 Å². The van der Waals surface area contributed by atoms with E-state index in [-0.39, 0.29) is 12.2 Å². The normalized spacial score (nSPS) is 10.3. The molecule has 0 heterocycles. The van der Waals surface area contributed by atoms with Crippen LogP contribution in [0.3, 0.4) is 0 Å². The Kier molecular flexibility index (Phi) is 5.20. The third-order valence-electron chi connectivity index (χ3n) is 2.10. The van der Waals surface area contributed by atoms with Crippen LogP contribution in [0.5, 0.6) is 5.75 Å². The fraction of sp³-hybridized carbons (Fsp3) is 0.143. The van der Waals surface area contributed by atoms with Crippen LogP contribution >= 0.6 is 0 Å². The molecule has 0 aliphatic rings. The number of nitriles is 1. The van der Waals surface area contributed by atoms with E-state index in [1.54, 1.807) is 31.4 Å². The van der Waals surface area contributed by atoms with Gasteiger partial charge in [0, 0.05) is 0 Å². The number of nitrogens with zero attached hydrogens (tertiary/aromatic N) is 1. The van der Waals surface area contributed by atoms with Gasteiger partial charge in [-0.2, -0.15) is 5.26 Å². The summed E-state index contributed by atoms with van der Waals surface area (Å²) in [5.74, 6) is 0.0492. The number of benzene rings is 1. The Morgan fingerprint density at radius 2 is 2.11 bits per heavy atom. The van der Waals surface area contributed by atoms with Crippen LogP contribution in [0.4, 0.5) is 0 Å². The molecule has 0 unspecified atom stereocenters. The molecule has 4 nitrogen and oxygen atoms in total. The first-order valence-electron chi connectivity index (χ1n) is 5.25. The lowest BCUT2D eigenvalue weighted by Gasteiger charge is -2.01. The first-order valence-corrected chi connectivity index (χ1v) is 5.25. The third kappa shape index (κ3) is 3.80. The number of carbonyl (C=O) groups excluding carboxylic acids is 1. The van der Waals surface area contributed by atoms with Crippen LogP contribution in [-0.4, -0.2) is 19.7 Å². The molecule has 0 N–H and O–H groups in total. The molecular weight excluding hydrogens is 230 g/mol. The molecule has 1 aromatic carbocycles. The zero-order valence-electron chi connectivity index (χ0n) is 10.1. The molecule has 0 aliphatic heterocycles. The molecule has 0 radical (unpaired) electrons. The van der Waals surface area contributed by atoms with E-state index in [1.165, 1.54) is 12.2 Å². The fourth-order valence-electron chi connectivity index (χ4n) is 1.22. The predicted octanol–water partition coefficient (Wildman–Crippen LogP) is 2.33. The molecule has 1 aromatic rings. The molecule has 4 heteroatoms. The van der Waals surface area contributed by atoms with E-state index >= 15 is 0 Å². The highest BCUT2D eigenvalue weighted by Gasteiger charge is 2.09. The SMILES string of the molecule is C=CCOC(=O)/C(C#N)=C\c1ccc(OC)cc1. The summed E-state index contributed by atoms with van der Waals surface area (Å²) in [6.07, 6.45) is 2.91. The van der Waals surface area contributed by atoms with Crippen LogP contribution in [0, 0.1) is 11.3 Å². The first-order chi connectivity index (χ1) is 8.71. The number of ether oxygens (including phenoxy) is 2. The summed E-state index contributed by atoms with van der Waals surface area (Å²) in [6, 6.07) is 8.79. The van der Waals surface area contributed by atoms with Crippen molar-refractivity contribution >= 4 is 12.0 Å². The Balaban J connectivity index is 2.86. The van der Waals surface area contributed by atoms with Crippen molar-refractivity contribution in [2.24, 2.45) is 0 Å². The third-order valence-corrected chi connectivity index (χ3v) is 2.10. The molecule has 0 aliphatic carbocycles. The van der Waals surface area contributed by atoms with E-state index in [0.717, 1.165) is 5.56 Å². The summed E-state index contributed by atoms with van der Waals surface area (Å²) < 4.78 is 9.80. The van der Waals surface area contributed by atoms with Gasteiger partial charge in [0.05, 0.1) is 7.11 Å². The van der Waals surface area contributed by atoms with Crippen LogP contribution in [0.1, 0.15) is 5.56 Å². The van der Waals surface area contributed by atoms with Gasteiger partial charge in [-0.05, 0) is 23.8 Å². The molecule has 1 rings (SSSR count). The van der Waals surface area contributed by atoms with Gasteiger partial charge in [-0.1, -0.05) is 24.8 Å². The van der Waals surface area contributed by atoms with Crippen molar-refractivity contribution in [1.29, 1.82) is 5.26 Å². The number of esters is 1. The number of rotatable bonds is 5. The number of methoxy groups -OCH3 is 1. The van der Waals surface area contributed by atoms with Crippen LogP contribution in [-0.2, 0) is 9.53 Å². The van der Waals surface area contributed by atoms with Crippen molar-refractivity contribution in [2.75, 3.05) is 13.7 Å². The van der Waals surface area contributed by atoms with Gasteiger partial charge in [-0.15, -0.1) is 0 Å². The van der Waals surface area contributed by atoms with Crippen LogP contribution in [0.15, 0.2) is 42.5 Å². The second-order valence-corrected chi connectivity index (χ2v) is 3.33. The summed E-state index contributed by atoms with van der Waals surface area (Å²) in [5.41, 5.74) is 0.671. The highest BCUT2D eigenvalue weighted by molar-refractivity contribution is 5.97. The Morgan fingerprint density at radius 3 is 2.61 bits per heavy atom. The van der Waals surface area contributed by atoms with Gasteiger partial charge >= 0.3 is 5.97 Å². The lowest BCUT2D eigenvalue weighted by Crippen LogP contribution is -2.06. The predicted molar refractivity (Wildman–Crippen MR) is 67.7 cm³/mol. The summed E-state index contributed by atoms with van der Waals surface area (Å²) in [6.45, 7) is 3.51. The van der Waals surface area contributed by atoms with Crippen molar-refractivity contribution < 1.29 is 14.3 Å². The van der Waals surface area contributed by atoms with Gasteiger partial charge in [0.25, 0.3) is 0 Å². The number of carbonyl (C=O) groups is 1. The minimum Gasteiger partial charge on any atom is -0.497 e. The van der Waals surface area contributed by atoms with Gasteiger partial charge in [-0.25, -0.2) is 4.79 Å². The largest absolute Gasteiger partial charge is 0.497 e. The highest BCUT2D eigenvalue weighted by Crippen LogP contribution is 2.14. The average molecular weight is 243 g/mol. The molecule has 0 amide bonds. The number of hydrogen-bond donors (Lipinski definition) is 0. The maximum absolute atomic E-state index is 11.5. The van der Waals surface area contributed by atoms with Crippen molar-refractivity contribution in [1.82, 2.24) is 0 Å². The summed E-state index contributed by atoms with van der Waals surface area (Å²) in [5, 5.41) is 8.89. The quantitative estimate of drug-likeness (QED) is 0.344. The van der Waals surface area contributed by atoms with Gasteiger partial charge < -0.3 is 9.47 Å². The van der Waals surface area contributed by atoms with Crippen LogP contribution in [0.25, 0.3) is 6.08 Å². The lowest BCUT2D eigenvalue weighted by molar-refractivity contribution is -0.137. The molecule has 92 valence electrons. The van der Waals surface area contributed by atoms with Crippen molar-refractivity contribution in [2.45, 2.75) is 0 Å². The van der Waals surface area contributed by atoms with E-state index in [1.807, 2.05) is 6.07 Å². The van der Waals surface area contributed by atoms with Gasteiger partial charge in [0.1, 0.15) is 24.0 Å². The molecule has 0 saturated carbocycles. The second-order valence-electron chi connectivity index (χ2n) is 3.33. The molecule has 0 bridgehead atoms. The Labute approximate surface area is 106 Å².